The molecule has 1 saturated heterocycles. The lowest BCUT2D eigenvalue weighted by Gasteiger charge is -2.37. The number of carboxylic acids is 1. The predicted octanol–water partition coefficient (Wildman–Crippen LogP) is 2.95. The van der Waals surface area contributed by atoms with Crippen LogP contribution in [0.2, 0.25) is 0 Å². The first-order valence-corrected chi connectivity index (χ1v) is 18.2. The number of aromatic hydroxyl groups is 1. The van der Waals surface area contributed by atoms with Gasteiger partial charge in [0.2, 0.25) is 17.7 Å². The second kappa shape index (κ2) is 20.8. The van der Waals surface area contributed by atoms with Gasteiger partial charge in [-0.15, -0.1) is 0 Å². The SMILES string of the molecule is CCCCCCC[C@@H](N)[C@@H](O)C(=O)N[C@H](C(=O)N(C)[C@@H](CC(C)C)C(=O)N1CCC[C@H]1C(=O)N[C@@H](Cc1ccc(O)cc1)C(=O)O)[C@@H](C)CC. The molecule has 0 aliphatic carbocycles. The number of carboxylic acid groups (broad SMARTS) is 1. The molecule has 0 radical (unpaired) electrons. The molecule has 0 aromatic heterocycles. The van der Waals surface area contributed by atoms with Gasteiger partial charge in [0.05, 0.1) is 0 Å². The van der Waals surface area contributed by atoms with Crippen LogP contribution in [0, 0.1) is 11.8 Å². The highest BCUT2D eigenvalue weighted by Crippen LogP contribution is 2.24. The molecule has 1 aliphatic rings. The number of rotatable bonds is 21. The molecule has 4 amide bonds. The van der Waals surface area contributed by atoms with Crippen molar-refractivity contribution in [2.45, 2.75) is 142 Å². The molecule has 0 unspecified atom stereocenters. The van der Waals surface area contributed by atoms with Crippen molar-refractivity contribution in [3.8, 4) is 5.75 Å². The van der Waals surface area contributed by atoms with Crippen LogP contribution < -0.4 is 16.4 Å². The summed E-state index contributed by atoms with van der Waals surface area (Å²) in [6, 6.07) is 1.07. The molecule has 1 fully saturated rings. The lowest BCUT2D eigenvalue weighted by molar-refractivity contribution is -0.150. The van der Waals surface area contributed by atoms with Gasteiger partial charge in [-0.25, -0.2) is 4.79 Å². The zero-order valence-corrected chi connectivity index (χ0v) is 30.8. The van der Waals surface area contributed by atoms with Crippen molar-refractivity contribution in [1.29, 1.82) is 0 Å². The second-order valence-corrected chi connectivity index (χ2v) is 14.2. The topological polar surface area (TPSA) is 203 Å². The first-order valence-electron chi connectivity index (χ1n) is 18.2. The number of nitrogens with one attached hydrogen (secondary N) is 2. The van der Waals surface area contributed by atoms with E-state index in [1.54, 1.807) is 12.1 Å². The molecule has 282 valence electrons. The number of phenols is 1. The van der Waals surface area contributed by atoms with Gasteiger partial charge in [-0.2, -0.15) is 0 Å². The number of hydrogen-bond donors (Lipinski definition) is 6. The van der Waals surface area contributed by atoms with E-state index in [-0.39, 0.29) is 37.0 Å². The van der Waals surface area contributed by atoms with Gasteiger partial charge in [0, 0.05) is 26.1 Å². The third kappa shape index (κ3) is 12.6. The lowest BCUT2D eigenvalue weighted by atomic mass is 9.94. The monoisotopic (exact) mass is 703 g/mol. The van der Waals surface area contributed by atoms with Gasteiger partial charge in [0.25, 0.3) is 5.91 Å². The number of unbranched alkanes of at least 4 members (excludes halogenated alkanes) is 4. The van der Waals surface area contributed by atoms with E-state index in [2.05, 4.69) is 17.6 Å². The summed E-state index contributed by atoms with van der Waals surface area (Å²) in [6.45, 7) is 9.91. The summed E-state index contributed by atoms with van der Waals surface area (Å²) in [5, 5.41) is 35.4. The molecule has 7 atom stereocenters. The van der Waals surface area contributed by atoms with Crippen LogP contribution in [0.4, 0.5) is 0 Å². The van der Waals surface area contributed by atoms with Gasteiger partial charge in [0.1, 0.15) is 36.0 Å². The van der Waals surface area contributed by atoms with Crippen LogP contribution in [0.25, 0.3) is 0 Å². The fourth-order valence-corrected chi connectivity index (χ4v) is 6.33. The second-order valence-electron chi connectivity index (χ2n) is 14.2. The summed E-state index contributed by atoms with van der Waals surface area (Å²) in [7, 11) is 1.51. The quantitative estimate of drug-likeness (QED) is 0.104. The van der Waals surface area contributed by atoms with Crippen molar-refractivity contribution in [3.05, 3.63) is 29.8 Å². The third-order valence-corrected chi connectivity index (χ3v) is 9.72. The summed E-state index contributed by atoms with van der Waals surface area (Å²) >= 11 is 0. The molecule has 2 rings (SSSR count). The minimum atomic E-state index is -1.49. The summed E-state index contributed by atoms with van der Waals surface area (Å²) in [6.07, 6.45) is 5.66. The zero-order chi connectivity index (χ0) is 37.5. The maximum absolute atomic E-state index is 14.2. The third-order valence-electron chi connectivity index (χ3n) is 9.72. The molecule has 13 heteroatoms. The van der Waals surface area contributed by atoms with Crippen LogP contribution >= 0.6 is 0 Å². The number of benzene rings is 1. The van der Waals surface area contributed by atoms with Gasteiger partial charge >= 0.3 is 5.97 Å². The molecule has 0 saturated carbocycles. The Morgan fingerprint density at radius 1 is 1.00 bits per heavy atom. The lowest BCUT2D eigenvalue weighted by Crippen LogP contribution is -2.60. The molecule has 50 heavy (non-hydrogen) atoms. The highest BCUT2D eigenvalue weighted by molar-refractivity contribution is 5.95. The Labute approximate surface area is 297 Å². The van der Waals surface area contributed by atoms with Gasteiger partial charge in [-0.3, -0.25) is 19.2 Å². The molecular formula is C37H61N5O8. The predicted molar refractivity (Wildman–Crippen MR) is 191 cm³/mol. The number of carbonyl (C=O) groups excluding carboxylic acids is 4. The smallest absolute Gasteiger partial charge is 0.326 e. The van der Waals surface area contributed by atoms with Gasteiger partial charge in [-0.1, -0.05) is 85.3 Å². The molecule has 1 aromatic carbocycles. The number of aliphatic hydroxyl groups is 1. The van der Waals surface area contributed by atoms with Crippen molar-refractivity contribution in [1.82, 2.24) is 20.4 Å². The number of aliphatic carboxylic acids is 1. The number of carbonyl (C=O) groups is 5. The Balaban J connectivity index is 2.21. The summed E-state index contributed by atoms with van der Waals surface area (Å²) < 4.78 is 0. The number of phenolic OH excluding ortho intramolecular Hbond substituents is 1. The molecule has 0 spiro atoms. The number of amides is 4. The molecule has 1 aliphatic heterocycles. The fraction of sp³-hybridized carbons (Fsp3) is 0.703. The maximum Gasteiger partial charge on any atom is 0.326 e. The fourth-order valence-electron chi connectivity index (χ4n) is 6.33. The van der Waals surface area contributed by atoms with E-state index >= 15 is 0 Å². The maximum atomic E-state index is 14.2. The molecule has 13 nitrogen and oxygen atoms in total. The van der Waals surface area contributed by atoms with E-state index < -0.39 is 65.9 Å². The van der Waals surface area contributed by atoms with Crippen molar-refractivity contribution in [2.24, 2.45) is 17.6 Å². The normalized spacial score (nSPS) is 18.1. The highest BCUT2D eigenvalue weighted by atomic mass is 16.4. The van der Waals surface area contributed by atoms with Crippen molar-refractivity contribution in [2.75, 3.05) is 13.6 Å². The number of nitrogens with zero attached hydrogens (tertiary/aromatic N) is 2. The van der Waals surface area contributed by atoms with Crippen LogP contribution in [0.15, 0.2) is 24.3 Å². The average molecular weight is 704 g/mol. The standard InChI is InChI=1S/C37H61N5O8/c1-7-9-10-11-12-14-27(38)32(44)34(46)40-31(24(5)8-2)36(48)41(6)30(21-23(3)4)35(47)42-20-13-15-29(42)33(45)39-28(37(49)50)22-25-16-18-26(43)19-17-25/h16-19,23-24,27-32,43-44H,7-15,20-22,38H2,1-6H3,(H,39,45)(H,40,46)(H,49,50)/t24-,27+,28-,29-,30-,31-,32+/m0/s1. The zero-order valence-electron chi connectivity index (χ0n) is 30.8. The number of aliphatic hydroxyl groups excluding tert-OH is 1. The van der Waals surface area contributed by atoms with E-state index in [0.717, 1.165) is 32.1 Å². The van der Waals surface area contributed by atoms with E-state index in [1.165, 1.54) is 29.0 Å². The first-order chi connectivity index (χ1) is 23.6. The summed E-state index contributed by atoms with van der Waals surface area (Å²) in [5.41, 5.74) is 6.77. The Morgan fingerprint density at radius 2 is 1.64 bits per heavy atom. The first kappa shape index (κ1) is 42.5. The van der Waals surface area contributed by atoms with Crippen molar-refractivity contribution >= 4 is 29.6 Å². The number of hydrogen-bond acceptors (Lipinski definition) is 8. The largest absolute Gasteiger partial charge is 0.508 e. The van der Waals surface area contributed by atoms with Crippen molar-refractivity contribution < 1.29 is 39.3 Å². The summed E-state index contributed by atoms with van der Waals surface area (Å²) in [4.78, 5) is 69.8. The van der Waals surface area contributed by atoms with E-state index in [1.807, 2.05) is 27.7 Å². The molecule has 1 heterocycles. The van der Waals surface area contributed by atoms with Gasteiger partial charge < -0.3 is 41.5 Å². The van der Waals surface area contributed by atoms with Crippen LogP contribution in [-0.2, 0) is 30.4 Å². The molecule has 0 bridgehead atoms. The van der Waals surface area contributed by atoms with Crippen LogP contribution in [0.3, 0.4) is 0 Å². The van der Waals surface area contributed by atoms with Gasteiger partial charge in [0.15, 0.2) is 0 Å². The molecule has 1 aromatic rings. The minimum Gasteiger partial charge on any atom is -0.508 e. The molecule has 7 N–H and O–H groups in total. The van der Waals surface area contributed by atoms with E-state index in [9.17, 15) is 39.3 Å². The number of nitrogens with two attached hydrogens (primary N) is 1. The molecular weight excluding hydrogens is 642 g/mol. The Hall–Kier alpha value is -3.71. The van der Waals surface area contributed by atoms with Crippen LogP contribution in [0.5, 0.6) is 5.75 Å². The summed E-state index contributed by atoms with van der Waals surface area (Å²) in [5.74, 6) is -3.79. The highest BCUT2D eigenvalue weighted by Gasteiger charge is 2.42. The minimum absolute atomic E-state index is 0.00966. The van der Waals surface area contributed by atoms with Crippen LogP contribution in [-0.4, -0.2) is 105 Å². The average Bonchev–Trinajstić information content (AvgIpc) is 3.58. The Morgan fingerprint density at radius 3 is 2.22 bits per heavy atom. The van der Waals surface area contributed by atoms with E-state index in [0.29, 0.717) is 31.2 Å². The van der Waals surface area contributed by atoms with Gasteiger partial charge in [-0.05, 0) is 55.2 Å². The Kier molecular flexibility index (Phi) is 17.7. The Bertz CT molecular complexity index is 1260. The number of likely N-dealkylation sites (tertiary alicyclic amines) is 1. The number of likely N-dealkylation sites (N-methyl/N-ethyl adjacent to an activating group) is 1. The van der Waals surface area contributed by atoms with E-state index in [4.69, 9.17) is 5.73 Å². The van der Waals surface area contributed by atoms with Crippen LogP contribution in [0.1, 0.15) is 104 Å². The van der Waals surface area contributed by atoms with Crippen molar-refractivity contribution in [3.63, 3.8) is 0 Å².